The molecular formula is C38H25N3O. The third-order valence-corrected chi connectivity index (χ3v) is 8.41. The molecule has 0 saturated carbocycles. The second-order valence-corrected chi connectivity index (χ2v) is 10.7. The quantitative estimate of drug-likeness (QED) is 0.243. The van der Waals surface area contributed by atoms with Gasteiger partial charge in [0.15, 0.2) is 0 Å². The van der Waals surface area contributed by atoms with Gasteiger partial charge in [0, 0.05) is 38.5 Å². The van der Waals surface area contributed by atoms with Gasteiger partial charge in [-0.05, 0) is 78.7 Å². The number of aromatic hydroxyl groups is 1. The van der Waals surface area contributed by atoms with Crippen LogP contribution in [-0.4, -0.2) is 14.2 Å². The molecule has 0 spiro atoms. The van der Waals surface area contributed by atoms with Crippen molar-refractivity contribution in [3.05, 3.63) is 139 Å². The molecule has 0 aliphatic rings. The van der Waals surface area contributed by atoms with Crippen LogP contribution in [0.15, 0.2) is 127 Å². The molecule has 0 bridgehead atoms. The molecule has 0 amide bonds. The monoisotopic (exact) mass is 539 g/mol. The summed E-state index contributed by atoms with van der Waals surface area (Å²) >= 11 is 0. The van der Waals surface area contributed by atoms with Crippen LogP contribution in [0.4, 0.5) is 0 Å². The lowest BCUT2D eigenvalue weighted by molar-refractivity contribution is 0.477. The molecular weight excluding hydrogens is 514 g/mol. The number of aryl methyl sites for hydroxylation is 1. The van der Waals surface area contributed by atoms with E-state index in [-0.39, 0.29) is 5.75 Å². The molecule has 8 aromatic rings. The predicted molar refractivity (Wildman–Crippen MR) is 172 cm³/mol. The fourth-order valence-corrected chi connectivity index (χ4v) is 6.51. The number of benzene rings is 6. The maximum absolute atomic E-state index is 11.2. The molecule has 0 fully saturated rings. The number of phenols is 1. The van der Waals surface area contributed by atoms with Crippen LogP contribution in [0.2, 0.25) is 0 Å². The molecule has 2 aromatic heterocycles. The third-order valence-electron chi connectivity index (χ3n) is 8.41. The summed E-state index contributed by atoms with van der Waals surface area (Å²) in [6.07, 6.45) is 0. The smallest absolute Gasteiger partial charge is 0.123 e. The van der Waals surface area contributed by atoms with E-state index in [2.05, 4.69) is 113 Å². The lowest BCUT2D eigenvalue weighted by Gasteiger charge is -2.16. The highest BCUT2D eigenvalue weighted by molar-refractivity contribution is 6.12. The van der Waals surface area contributed by atoms with E-state index < -0.39 is 0 Å². The van der Waals surface area contributed by atoms with Crippen molar-refractivity contribution >= 4 is 43.6 Å². The second-order valence-electron chi connectivity index (χ2n) is 10.7. The van der Waals surface area contributed by atoms with Crippen LogP contribution in [0.5, 0.6) is 5.75 Å². The second kappa shape index (κ2) is 9.12. The first-order chi connectivity index (χ1) is 20.6. The highest BCUT2D eigenvalue weighted by Gasteiger charge is 2.18. The van der Waals surface area contributed by atoms with Gasteiger partial charge in [0.25, 0.3) is 0 Å². The van der Waals surface area contributed by atoms with E-state index in [1.165, 1.54) is 10.8 Å². The van der Waals surface area contributed by atoms with Crippen molar-refractivity contribution in [1.29, 1.82) is 5.26 Å². The standard InChI is InChI=1S/C38H25N3O/c1-24-17-18-26(40-33-13-5-2-10-28(33)29-11-3-6-14-34(29)40)21-31(24)32-22-27(19-20-37(32)42)41-35-15-7-4-12-30(35)38-25(23-39)9-8-16-36(38)41/h2-22,42H,1H3. The number of rotatable bonds is 3. The maximum atomic E-state index is 11.2. The van der Waals surface area contributed by atoms with Crippen molar-refractivity contribution in [2.45, 2.75) is 6.92 Å². The van der Waals surface area contributed by atoms with Gasteiger partial charge in [0.05, 0.1) is 33.7 Å². The van der Waals surface area contributed by atoms with Crippen molar-refractivity contribution in [2.75, 3.05) is 0 Å². The SMILES string of the molecule is Cc1ccc(-n2c3ccccc3c3ccccc32)cc1-c1cc(-n2c3ccccc3c3c(C#N)cccc32)ccc1O. The van der Waals surface area contributed by atoms with Crippen LogP contribution in [0.1, 0.15) is 11.1 Å². The number of nitrogens with zero attached hydrogens (tertiary/aromatic N) is 3. The average Bonchev–Trinajstić information content (AvgIpc) is 3.55. The van der Waals surface area contributed by atoms with Gasteiger partial charge in [-0.2, -0.15) is 5.26 Å². The fraction of sp³-hybridized carbons (Fsp3) is 0.0263. The van der Waals surface area contributed by atoms with E-state index >= 15 is 0 Å². The van der Waals surface area contributed by atoms with E-state index in [4.69, 9.17) is 0 Å². The molecule has 1 N–H and O–H groups in total. The molecule has 0 aliphatic carbocycles. The predicted octanol–water partition coefficient (Wildman–Crippen LogP) is 9.43. The minimum absolute atomic E-state index is 0.222. The van der Waals surface area contributed by atoms with Crippen LogP contribution in [0, 0.1) is 18.3 Å². The summed E-state index contributed by atoms with van der Waals surface area (Å²) in [6.45, 7) is 2.08. The molecule has 0 radical (unpaired) electrons. The fourth-order valence-electron chi connectivity index (χ4n) is 6.51. The summed E-state index contributed by atoms with van der Waals surface area (Å²) in [6, 6.07) is 45.6. The Kier molecular flexibility index (Phi) is 5.22. The minimum atomic E-state index is 0.222. The maximum Gasteiger partial charge on any atom is 0.123 e. The summed E-state index contributed by atoms with van der Waals surface area (Å²) in [5.41, 5.74) is 9.67. The van der Waals surface area contributed by atoms with Gasteiger partial charge in [-0.3, -0.25) is 0 Å². The van der Waals surface area contributed by atoms with Crippen LogP contribution in [-0.2, 0) is 0 Å². The molecule has 0 saturated heterocycles. The van der Waals surface area contributed by atoms with E-state index in [1.807, 2.05) is 30.3 Å². The molecule has 0 aliphatic heterocycles. The molecule has 42 heavy (non-hydrogen) atoms. The minimum Gasteiger partial charge on any atom is -0.507 e. The van der Waals surface area contributed by atoms with E-state index in [0.717, 1.165) is 60.9 Å². The van der Waals surface area contributed by atoms with Gasteiger partial charge in [-0.15, -0.1) is 0 Å². The molecule has 198 valence electrons. The molecule has 6 aromatic carbocycles. The first-order valence-corrected chi connectivity index (χ1v) is 14.0. The van der Waals surface area contributed by atoms with Crippen LogP contribution in [0.25, 0.3) is 66.1 Å². The van der Waals surface area contributed by atoms with Gasteiger partial charge < -0.3 is 14.2 Å². The summed E-state index contributed by atoms with van der Waals surface area (Å²) in [7, 11) is 0. The lowest BCUT2D eigenvalue weighted by atomic mass is 9.98. The number of phenolic OH excluding ortho intramolecular Hbond substituents is 1. The number of hydrogen-bond acceptors (Lipinski definition) is 2. The average molecular weight is 540 g/mol. The third kappa shape index (κ3) is 3.41. The van der Waals surface area contributed by atoms with E-state index in [0.29, 0.717) is 5.56 Å². The number of para-hydroxylation sites is 3. The lowest BCUT2D eigenvalue weighted by Crippen LogP contribution is -1.97. The van der Waals surface area contributed by atoms with Crippen molar-refractivity contribution in [1.82, 2.24) is 9.13 Å². The van der Waals surface area contributed by atoms with Crippen molar-refractivity contribution in [3.63, 3.8) is 0 Å². The molecule has 8 rings (SSSR count). The Labute approximate surface area is 242 Å². The summed E-state index contributed by atoms with van der Waals surface area (Å²) < 4.78 is 4.48. The largest absolute Gasteiger partial charge is 0.507 e. The summed E-state index contributed by atoms with van der Waals surface area (Å²) in [4.78, 5) is 0. The van der Waals surface area contributed by atoms with Gasteiger partial charge >= 0.3 is 0 Å². The van der Waals surface area contributed by atoms with Gasteiger partial charge in [0.2, 0.25) is 0 Å². The Morgan fingerprint density at radius 1 is 0.548 bits per heavy atom. The van der Waals surface area contributed by atoms with Crippen molar-refractivity contribution in [2.24, 2.45) is 0 Å². The molecule has 0 unspecified atom stereocenters. The molecule has 2 heterocycles. The summed E-state index contributed by atoms with van der Waals surface area (Å²) in [5, 5.41) is 25.5. The zero-order valence-electron chi connectivity index (χ0n) is 22.9. The van der Waals surface area contributed by atoms with Crippen molar-refractivity contribution < 1.29 is 5.11 Å². The van der Waals surface area contributed by atoms with Crippen molar-refractivity contribution in [3.8, 4) is 34.3 Å². The van der Waals surface area contributed by atoms with Gasteiger partial charge in [-0.25, -0.2) is 0 Å². The normalized spacial score (nSPS) is 11.5. The van der Waals surface area contributed by atoms with Gasteiger partial charge in [-0.1, -0.05) is 66.7 Å². The summed E-state index contributed by atoms with van der Waals surface area (Å²) in [5.74, 6) is 0.222. The number of aromatic nitrogens is 2. The van der Waals surface area contributed by atoms with Crippen LogP contribution in [0.3, 0.4) is 0 Å². The first-order valence-electron chi connectivity index (χ1n) is 14.0. The highest BCUT2D eigenvalue weighted by Crippen LogP contribution is 2.40. The molecule has 0 atom stereocenters. The topological polar surface area (TPSA) is 53.9 Å². The first kappa shape index (κ1) is 24.0. The van der Waals surface area contributed by atoms with E-state index in [1.54, 1.807) is 6.07 Å². The van der Waals surface area contributed by atoms with Crippen LogP contribution >= 0.6 is 0 Å². The Morgan fingerprint density at radius 2 is 1.07 bits per heavy atom. The Morgan fingerprint density at radius 3 is 1.74 bits per heavy atom. The van der Waals surface area contributed by atoms with Gasteiger partial charge in [0.1, 0.15) is 5.75 Å². The Hall–Kier alpha value is -5.79. The van der Waals surface area contributed by atoms with E-state index in [9.17, 15) is 10.4 Å². The van der Waals surface area contributed by atoms with Crippen LogP contribution < -0.4 is 0 Å². The zero-order valence-corrected chi connectivity index (χ0v) is 22.9. The number of fused-ring (bicyclic) bond motifs is 6. The molecule has 4 nitrogen and oxygen atoms in total. The molecule has 4 heteroatoms. The highest BCUT2D eigenvalue weighted by atomic mass is 16.3. The Balaban J connectivity index is 1.37. The zero-order chi connectivity index (χ0) is 28.4. The number of hydrogen-bond donors (Lipinski definition) is 1. The number of nitriles is 1. The Bertz CT molecular complexity index is 2350.